The second-order valence-corrected chi connectivity index (χ2v) is 3.56. The molecule has 15 heavy (non-hydrogen) atoms. The molecule has 0 bridgehead atoms. The monoisotopic (exact) mass is 211 g/mol. The summed E-state index contributed by atoms with van der Waals surface area (Å²) < 4.78 is 1.93. The minimum Gasteiger partial charge on any atom is -0.320 e. The standard InChI is InChI=1S/C10H21N5/c1-4-15(5-2)7-6-11-8-10-13-12-9-14(10)3/h9,11H,4-8H2,1-3H3. The molecule has 0 aromatic carbocycles. The molecule has 0 atom stereocenters. The minimum atomic E-state index is 0.789. The van der Waals surface area contributed by atoms with Crippen LogP contribution in [0.15, 0.2) is 6.33 Å². The van der Waals surface area contributed by atoms with Crippen molar-refractivity contribution in [3.05, 3.63) is 12.2 Å². The number of rotatable bonds is 7. The van der Waals surface area contributed by atoms with E-state index in [4.69, 9.17) is 0 Å². The van der Waals surface area contributed by atoms with E-state index in [1.165, 1.54) is 0 Å². The number of hydrogen-bond acceptors (Lipinski definition) is 4. The Morgan fingerprint density at radius 3 is 2.67 bits per heavy atom. The second kappa shape index (κ2) is 6.53. The highest BCUT2D eigenvalue weighted by Crippen LogP contribution is 1.90. The van der Waals surface area contributed by atoms with E-state index in [1.54, 1.807) is 6.33 Å². The lowest BCUT2D eigenvalue weighted by atomic mass is 10.4. The molecule has 0 unspecified atom stereocenters. The quantitative estimate of drug-likeness (QED) is 0.657. The summed E-state index contributed by atoms with van der Waals surface area (Å²) in [5.74, 6) is 0.981. The highest BCUT2D eigenvalue weighted by Gasteiger charge is 2.00. The van der Waals surface area contributed by atoms with Crippen molar-refractivity contribution in [2.75, 3.05) is 26.2 Å². The first-order chi connectivity index (χ1) is 7.27. The van der Waals surface area contributed by atoms with Gasteiger partial charge in [0, 0.05) is 20.1 Å². The summed E-state index contributed by atoms with van der Waals surface area (Å²) >= 11 is 0. The lowest BCUT2D eigenvalue weighted by molar-refractivity contribution is 0.301. The molecule has 5 nitrogen and oxygen atoms in total. The smallest absolute Gasteiger partial charge is 0.146 e. The van der Waals surface area contributed by atoms with Gasteiger partial charge in [-0.3, -0.25) is 0 Å². The average molecular weight is 211 g/mol. The van der Waals surface area contributed by atoms with Crippen molar-refractivity contribution in [2.24, 2.45) is 7.05 Å². The van der Waals surface area contributed by atoms with E-state index < -0.39 is 0 Å². The Hall–Kier alpha value is -0.940. The van der Waals surface area contributed by atoms with Gasteiger partial charge in [-0.05, 0) is 13.1 Å². The van der Waals surface area contributed by atoms with Gasteiger partial charge in [0.05, 0.1) is 6.54 Å². The molecule has 0 radical (unpaired) electrons. The van der Waals surface area contributed by atoms with Gasteiger partial charge in [0.15, 0.2) is 0 Å². The third-order valence-electron chi connectivity index (χ3n) is 2.59. The summed E-state index contributed by atoms with van der Waals surface area (Å²) in [4.78, 5) is 2.39. The molecule has 0 aliphatic rings. The van der Waals surface area contributed by atoms with Gasteiger partial charge in [-0.25, -0.2) is 0 Å². The Bertz CT molecular complexity index is 267. The Morgan fingerprint density at radius 2 is 2.13 bits per heavy atom. The second-order valence-electron chi connectivity index (χ2n) is 3.56. The van der Waals surface area contributed by atoms with Crippen LogP contribution >= 0.6 is 0 Å². The number of hydrogen-bond donors (Lipinski definition) is 1. The number of aryl methyl sites for hydroxylation is 1. The van der Waals surface area contributed by atoms with Gasteiger partial charge in [0.25, 0.3) is 0 Å². The van der Waals surface area contributed by atoms with Gasteiger partial charge in [-0.15, -0.1) is 10.2 Å². The topological polar surface area (TPSA) is 46.0 Å². The fraction of sp³-hybridized carbons (Fsp3) is 0.800. The first kappa shape index (κ1) is 12.1. The van der Waals surface area contributed by atoms with Crippen LogP contribution in [0.4, 0.5) is 0 Å². The lowest BCUT2D eigenvalue weighted by Crippen LogP contribution is -2.32. The zero-order valence-corrected chi connectivity index (χ0v) is 9.90. The molecule has 0 spiro atoms. The van der Waals surface area contributed by atoms with Crippen molar-refractivity contribution in [3.8, 4) is 0 Å². The van der Waals surface area contributed by atoms with Gasteiger partial charge < -0.3 is 14.8 Å². The van der Waals surface area contributed by atoms with E-state index in [0.717, 1.165) is 38.5 Å². The van der Waals surface area contributed by atoms with Crippen molar-refractivity contribution in [1.82, 2.24) is 25.0 Å². The number of nitrogens with one attached hydrogen (secondary N) is 1. The molecule has 1 aromatic heterocycles. The molecule has 0 aliphatic carbocycles. The molecule has 5 heteroatoms. The molecule has 0 saturated heterocycles. The zero-order valence-electron chi connectivity index (χ0n) is 9.90. The molecule has 0 fully saturated rings. The molecule has 1 heterocycles. The summed E-state index contributed by atoms with van der Waals surface area (Å²) in [5, 5.41) is 11.2. The molecule has 0 amide bonds. The fourth-order valence-corrected chi connectivity index (χ4v) is 1.44. The van der Waals surface area contributed by atoms with Crippen LogP contribution in [-0.4, -0.2) is 45.8 Å². The number of likely N-dealkylation sites (N-methyl/N-ethyl adjacent to an activating group) is 1. The van der Waals surface area contributed by atoms with Crippen molar-refractivity contribution < 1.29 is 0 Å². The maximum absolute atomic E-state index is 4.01. The van der Waals surface area contributed by atoms with E-state index in [-0.39, 0.29) is 0 Å². The normalized spacial score (nSPS) is 11.2. The predicted octanol–water partition coefficient (Wildman–Crippen LogP) is 0.246. The molecular weight excluding hydrogens is 190 g/mol. The molecule has 1 aromatic rings. The predicted molar refractivity (Wildman–Crippen MR) is 60.5 cm³/mol. The van der Waals surface area contributed by atoms with E-state index in [9.17, 15) is 0 Å². The average Bonchev–Trinajstić information content (AvgIpc) is 2.65. The Kier molecular flexibility index (Phi) is 5.28. The molecule has 86 valence electrons. The summed E-state index contributed by atoms with van der Waals surface area (Å²) in [6.45, 7) is 9.47. The lowest BCUT2D eigenvalue weighted by Gasteiger charge is -2.17. The Labute approximate surface area is 91.5 Å². The number of nitrogens with zero attached hydrogens (tertiary/aromatic N) is 4. The van der Waals surface area contributed by atoms with Gasteiger partial charge >= 0.3 is 0 Å². The highest BCUT2D eigenvalue weighted by molar-refractivity contribution is 4.82. The molecule has 1 N–H and O–H groups in total. The third-order valence-corrected chi connectivity index (χ3v) is 2.59. The summed E-state index contributed by atoms with van der Waals surface area (Å²) in [6.07, 6.45) is 1.72. The van der Waals surface area contributed by atoms with E-state index in [1.807, 2.05) is 11.6 Å². The van der Waals surface area contributed by atoms with E-state index in [0.29, 0.717) is 0 Å². The van der Waals surface area contributed by atoms with Crippen molar-refractivity contribution >= 4 is 0 Å². The van der Waals surface area contributed by atoms with Crippen LogP contribution in [0.5, 0.6) is 0 Å². The van der Waals surface area contributed by atoms with Crippen LogP contribution in [-0.2, 0) is 13.6 Å². The summed E-state index contributed by atoms with van der Waals surface area (Å²) in [6, 6.07) is 0. The van der Waals surface area contributed by atoms with Crippen molar-refractivity contribution in [1.29, 1.82) is 0 Å². The van der Waals surface area contributed by atoms with Crippen LogP contribution in [0.2, 0.25) is 0 Å². The maximum Gasteiger partial charge on any atom is 0.146 e. The Morgan fingerprint density at radius 1 is 1.40 bits per heavy atom. The van der Waals surface area contributed by atoms with E-state index in [2.05, 4.69) is 34.3 Å². The molecular formula is C10H21N5. The fourth-order valence-electron chi connectivity index (χ4n) is 1.44. The molecule has 0 aliphatic heterocycles. The van der Waals surface area contributed by atoms with Crippen molar-refractivity contribution in [2.45, 2.75) is 20.4 Å². The highest BCUT2D eigenvalue weighted by atomic mass is 15.3. The summed E-state index contributed by atoms with van der Waals surface area (Å²) in [7, 11) is 1.96. The van der Waals surface area contributed by atoms with Crippen molar-refractivity contribution in [3.63, 3.8) is 0 Å². The first-order valence-corrected chi connectivity index (χ1v) is 5.53. The first-order valence-electron chi connectivity index (χ1n) is 5.53. The Balaban J connectivity index is 2.14. The van der Waals surface area contributed by atoms with Gasteiger partial charge in [-0.1, -0.05) is 13.8 Å². The number of aromatic nitrogens is 3. The maximum atomic E-state index is 4.01. The largest absolute Gasteiger partial charge is 0.320 e. The van der Waals surface area contributed by atoms with Crippen LogP contribution in [0.3, 0.4) is 0 Å². The van der Waals surface area contributed by atoms with E-state index >= 15 is 0 Å². The van der Waals surface area contributed by atoms with Crippen LogP contribution in [0.1, 0.15) is 19.7 Å². The van der Waals surface area contributed by atoms with Crippen LogP contribution < -0.4 is 5.32 Å². The van der Waals surface area contributed by atoms with Gasteiger partial charge in [0.2, 0.25) is 0 Å². The summed E-state index contributed by atoms with van der Waals surface area (Å²) in [5.41, 5.74) is 0. The van der Waals surface area contributed by atoms with Gasteiger partial charge in [-0.2, -0.15) is 0 Å². The minimum absolute atomic E-state index is 0.789. The molecule has 0 saturated carbocycles. The van der Waals surface area contributed by atoms with Crippen LogP contribution in [0, 0.1) is 0 Å². The molecule has 1 rings (SSSR count). The van der Waals surface area contributed by atoms with Crippen LogP contribution in [0.25, 0.3) is 0 Å². The third kappa shape index (κ3) is 3.97. The van der Waals surface area contributed by atoms with Gasteiger partial charge in [0.1, 0.15) is 12.2 Å². The zero-order chi connectivity index (χ0) is 11.1. The SMILES string of the molecule is CCN(CC)CCNCc1nncn1C.